The molecule has 0 radical (unpaired) electrons. The molecule has 2 aromatic heterocycles. The molecule has 0 spiro atoms. The molecule has 5 heteroatoms. The number of rotatable bonds is 2. The summed E-state index contributed by atoms with van der Waals surface area (Å²) in [6.07, 6.45) is 8.54. The van der Waals surface area contributed by atoms with Gasteiger partial charge in [0.1, 0.15) is 11.3 Å². The fourth-order valence-electron chi connectivity index (χ4n) is 1.66. The average Bonchev–Trinajstić information content (AvgIpc) is 2.84. The third-order valence-electron chi connectivity index (χ3n) is 2.50. The van der Waals surface area contributed by atoms with Crippen LogP contribution < -0.4 is 0 Å². The molecule has 0 aliphatic heterocycles. The first kappa shape index (κ1) is 10.8. The number of aromatic nitrogens is 4. The normalized spacial score (nSPS) is 10.4. The maximum atomic E-state index is 5.24. The standard InChI is InChI=1S/C13H8N4S/c1-2-18-10-5-3-9(4-6-10)13-16-11-7-14-15-8-12(11)17-13/h1,3-8H,(H,16,17). The predicted octanol–water partition coefficient (Wildman–Crippen LogP) is 2.70. The first-order valence-electron chi connectivity index (χ1n) is 5.26. The van der Waals surface area contributed by atoms with E-state index in [1.807, 2.05) is 24.3 Å². The lowest BCUT2D eigenvalue weighted by atomic mass is 10.2. The lowest BCUT2D eigenvalue weighted by Crippen LogP contribution is -1.79. The minimum absolute atomic E-state index is 0.803. The number of thioether (sulfide) groups is 1. The van der Waals surface area contributed by atoms with Crippen LogP contribution in [0.2, 0.25) is 0 Å². The molecule has 0 aliphatic carbocycles. The van der Waals surface area contributed by atoms with E-state index in [1.165, 1.54) is 11.8 Å². The van der Waals surface area contributed by atoms with Gasteiger partial charge in [0, 0.05) is 10.5 Å². The van der Waals surface area contributed by atoms with E-state index in [4.69, 9.17) is 6.42 Å². The maximum Gasteiger partial charge on any atom is 0.138 e. The molecule has 2 heterocycles. The van der Waals surface area contributed by atoms with Crippen LogP contribution in [0.15, 0.2) is 41.6 Å². The number of aromatic amines is 1. The summed E-state index contributed by atoms with van der Waals surface area (Å²) in [5.41, 5.74) is 2.69. The number of H-pyrrole nitrogens is 1. The van der Waals surface area contributed by atoms with E-state index < -0.39 is 0 Å². The Balaban J connectivity index is 2.01. The fourth-order valence-corrected chi connectivity index (χ4v) is 2.07. The van der Waals surface area contributed by atoms with E-state index in [9.17, 15) is 0 Å². The van der Waals surface area contributed by atoms with Gasteiger partial charge in [-0.3, -0.25) is 0 Å². The Morgan fingerprint density at radius 3 is 2.61 bits per heavy atom. The molecule has 86 valence electrons. The van der Waals surface area contributed by atoms with Gasteiger partial charge in [-0.1, -0.05) is 12.1 Å². The zero-order chi connectivity index (χ0) is 12.4. The Hall–Kier alpha value is -2.32. The highest BCUT2D eigenvalue weighted by atomic mass is 32.2. The monoisotopic (exact) mass is 252 g/mol. The zero-order valence-electron chi connectivity index (χ0n) is 9.29. The smallest absolute Gasteiger partial charge is 0.138 e. The van der Waals surface area contributed by atoms with Gasteiger partial charge < -0.3 is 4.98 Å². The van der Waals surface area contributed by atoms with Crippen molar-refractivity contribution >= 4 is 22.8 Å². The lowest BCUT2D eigenvalue weighted by molar-refractivity contribution is 1.05. The minimum Gasteiger partial charge on any atom is -0.337 e. The van der Waals surface area contributed by atoms with Crippen molar-refractivity contribution in [2.24, 2.45) is 0 Å². The number of benzene rings is 1. The van der Waals surface area contributed by atoms with Crippen LogP contribution in [0.25, 0.3) is 22.4 Å². The van der Waals surface area contributed by atoms with Crippen LogP contribution >= 0.6 is 11.8 Å². The van der Waals surface area contributed by atoms with Crippen molar-refractivity contribution in [2.75, 3.05) is 0 Å². The van der Waals surface area contributed by atoms with E-state index in [0.29, 0.717) is 0 Å². The Labute approximate surface area is 108 Å². The summed E-state index contributed by atoms with van der Waals surface area (Å²) in [6, 6.07) is 7.92. The topological polar surface area (TPSA) is 54.5 Å². The molecule has 0 atom stereocenters. The molecular weight excluding hydrogens is 244 g/mol. The number of nitrogens with one attached hydrogen (secondary N) is 1. The van der Waals surface area contributed by atoms with Gasteiger partial charge in [-0.25, -0.2) is 4.98 Å². The first-order valence-corrected chi connectivity index (χ1v) is 6.08. The van der Waals surface area contributed by atoms with Gasteiger partial charge in [0.2, 0.25) is 0 Å². The summed E-state index contributed by atoms with van der Waals surface area (Å²) in [4.78, 5) is 8.70. The molecule has 0 fully saturated rings. The number of hydrogen-bond donors (Lipinski definition) is 1. The quantitative estimate of drug-likeness (QED) is 0.563. The lowest BCUT2D eigenvalue weighted by Gasteiger charge is -1.97. The summed E-state index contributed by atoms with van der Waals surface area (Å²) in [7, 11) is 0. The van der Waals surface area contributed by atoms with Crippen LogP contribution in [0.1, 0.15) is 0 Å². The molecule has 1 N–H and O–H groups in total. The molecule has 0 saturated carbocycles. The Morgan fingerprint density at radius 1 is 1.11 bits per heavy atom. The molecule has 0 bridgehead atoms. The summed E-state index contributed by atoms with van der Waals surface area (Å²) >= 11 is 1.36. The van der Waals surface area contributed by atoms with E-state index in [2.05, 4.69) is 25.4 Å². The molecule has 3 rings (SSSR count). The molecule has 0 saturated heterocycles. The van der Waals surface area contributed by atoms with E-state index in [1.54, 1.807) is 12.4 Å². The van der Waals surface area contributed by atoms with Crippen LogP contribution in [-0.4, -0.2) is 20.2 Å². The van der Waals surface area contributed by atoms with Crippen molar-refractivity contribution in [2.45, 2.75) is 4.90 Å². The molecule has 0 unspecified atom stereocenters. The third-order valence-corrected chi connectivity index (χ3v) is 3.13. The molecule has 18 heavy (non-hydrogen) atoms. The van der Waals surface area contributed by atoms with Crippen LogP contribution in [-0.2, 0) is 0 Å². The van der Waals surface area contributed by atoms with Crippen LogP contribution in [0.3, 0.4) is 0 Å². The van der Waals surface area contributed by atoms with Crippen molar-refractivity contribution in [1.29, 1.82) is 0 Å². The van der Waals surface area contributed by atoms with Crippen LogP contribution in [0.5, 0.6) is 0 Å². The van der Waals surface area contributed by atoms with Gasteiger partial charge in [-0.2, -0.15) is 10.2 Å². The number of imidazole rings is 1. The van der Waals surface area contributed by atoms with Gasteiger partial charge in [-0.15, -0.1) is 6.42 Å². The molecular formula is C13H8N4S. The van der Waals surface area contributed by atoms with Gasteiger partial charge in [0.25, 0.3) is 0 Å². The second-order valence-electron chi connectivity index (χ2n) is 3.62. The van der Waals surface area contributed by atoms with Gasteiger partial charge in [0.05, 0.1) is 17.9 Å². The van der Waals surface area contributed by atoms with Crippen molar-refractivity contribution < 1.29 is 0 Å². The van der Waals surface area contributed by atoms with Crippen LogP contribution in [0, 0.1) is 11.7 Å². The highest BCUT2D eigenvalue weighted by Crippen LogP contribution is 2.23. The molecule has 0 aliphatic rings. The first-order chi connectivity index (χ1) is 8.86. The molecule has 1 aromatic carbocycles. The van der Waals surface area contributed by atoms with Crippen molar-refractivity contribution in [3.05, 3.63) is 36.7 Å². The summed E-state index contributed by atoms with van der Waals surface area (Å²) in [5.74, 6) is 0.803. The van der Waals surface area contributed by atoms with Crippen molar-refractivity contribution in [1.82, 2.24) is 20.2 Å². The molecule has 3 aromatic rings. The van der Waals surface area contributed by atoms with Crippen molar-refractivity contribution in [3.8, 4) is 23.1 Å². The summed E-state index contributed by atoms with van der Waals surface area (Å²) in [6.45, 7) is 0. The summed E-state index contributed by atoms with van der Waals surface area (Å²) in [5, 5.41) is 10.2. The fraction of sp³-hybridized carbons (Fsp3) is 0. The third kappa shape index (κ3) is 1.94. The zero-order valence-corrected chi connectivity index (χ0v) is 10.1. The second-order valence-corrected chi connectivity index (χ2v) is 4.53. The maximum absolute atomic E-state index is 5.24. The number of terminal acetylenes is 1. The number of nitrogens with zero attached hydrogens (tertiary/aromatic N) is 3. The predicted molar refractivity (Wildman–Crippen MR) is 71.8 cm³/mol. The van der Waals surface area contributed by atoms with E-state index in [0.717, 1.165) is 27.3 Å². The van der Waals surface area contributed by atoms with E-state index in [-0.39, 0.29) is 0 Å². The Bertz CT molecular complexity index is 692. The van der Waals surface area contributed by atoms with Gasteiger partial charge >= 0.3 is 0 Å². The highest BCUT2D eigenvalue weighted by Gasteiger charge is 2.05. The van der Waals surface area contributed by atoms with Gasteiger partial charge in [-0.05, 0) is 29.1 Å². The molecule has 4 nitrogen and oxygen atoms in total. The van der Waals surface area contributed by atoms with Gasteiger partial charge in [0.15, 0.2) is 0 Å². The second kappa shape index (κ2) is 4.51. The van der Waals surface area contributed by atoms with Crippen LogP contribution in [0.4, 0.5) is 0 Å². The largest absolute Gasteiger partial charge is 0.337 e. The average molecular weight is 252 g/mol. The SMILES string of the molecule is C#CSc1ccc(-c2nc3cnncc3[nH]2)cc1. The van der Waals surface area contributed by atoms with Crippen molar-refractivity contribution in [3.63, 3.8) is 0 Å². The minimum atomic E-state index is 0.803. The highest BCUT2D eigenvalue weighted by molar-refractivity contribution is 8.03. The Morgan fingerprint density at radius 2 is 1.89 bits per heavy atom. The molecule has 0 amide bonds. The van der Waals surface area contributed by atoms with E-state index >= 15 is 0 Å². The summed E-state index contributed by atoms with van der Waals surface area (Å²) < 4.78 is 0. The number of fused-ring (bicyclic) bond motifs is 1. The number of hydrogen-bond acceptors (Lipinski definition) is 4. The Kier molecular flexibility index (Phi) is 2.71.